The predicted molar refractivity (Wildman–Crippen MR) is 167 cm³/mol. The van der Waals surface area contributed by atoms with Crippen molar-refractivity contribution in [3.8, 4) is 0 Å². The number of aliphatic hydroxyl groups excluding tert-OH is 1. The van der Waals surface area contributed by atoms with E-state index in [1.165, 1.54) is 0 Å². The lowest BCUT2D eigenvalue weighted by molar-refractivity contribution is -0.147. The zero-order valence-electron chi connectivity index (χ0n) is 24.6. The molecule has 44 heavy (non-hydrogen) atoms. The van der Waals surface area contributed by atoms with E-state index in [2.05, 4.69) is 16.4 Å². The maximum absolute atomic E-state index is 14.8. The molecule has 11 heteroatoms. The molecule has 2 fully saturated rings. The quantitative estimate of drug-likeness (QED) is 0.389. The van der Waals surface area contributed by atoms with Crippen LogP contribution < -0.4 is 0 Å². The van der Waals surface area contributed by atoms with Gasteiger partial charge in [0.25, 0.3) is 0 Å². The van der Waals surface area contributed by atoms with Crippen LogP contribution in [0, 0.1) is 11.8 Å². The van der Waals surface area contributed by atoms with E-state index < -0.39 is 28.7 Å². The van der Waals surface area contributed by atoms with Crippen molar-refractivity contribution < 1.29 is 19.5 Å². The van der Waals surface area contributed by atoms with Crippen molar-refractivity contribution in [2.45, 2.75) is 48.5 Å². The van der Waals surface area contributed by atoms with Crippen LogP contribution in [-0.4, -0.2) is 101 Å². The second-order valence-corrected chi connectivity index (χ2v) is 13.5. The second kappa shape index (κ2) is 11.5. The molecule has 10 nitrogen and oxygen atoms in total. The van der Waals surface area contributed by atoms with E-state index in [0.29, 0.717) is 26.1 Å². The Balaban J connectivity index is 1.31. The Kier molecular flexibility index (Phi) is 7.54. The molecule has 1 N–H and O–H groups in total. The Morgan fingerprint density at radius 2 is 1.75 bits per heavy atom. The van der Waals surface area contributed by atoms with Gasteiger partial charge in [0.1, 0.15) is 18.2 Å². The van der Waals surface area contributed by atoms with E-state index >= 15 is 0 Å². The number of rotatable bonds is 8. The maximum Gasteiger partial charge on any atom is 0.248 e. The molecule has 0 aliphatic carbocycles. The van der Waals surface area contributed by atoms with Crippen molar-refractivity contribution in [3.05, 3.63) is 84.5 Å². The van der Waals surface area contributed by atoms with Gasteiger partial charge in [-0.05, 0) is 30.5 Å². The minimum atomic E-state index is -0.956. The van der Waals surface area contributed by atoms with Crippen molar-refractivity contribution in [3.63, 3.8) is 0 Å². The van der Waals surface area contributed by atoms with Crippen LogP contribution >= 0.6 is 11.8 Å². The first kappa shape index (κ1) is 28.8. The van der Waals surface area contributed by atoms with Gasteiger partial charge < -0.3 is 19.8 Å². The van der Waals surface area contributed by atoms with Gasteiger partial charge in [0, 0.05) is 24.9 Å². The molecule has 4 aliphatic heterocycles. The SMILES string of the molecule is CCCN1CC=C[C@H]2S[C@]34C=CCN(Cn5nnc6ccccc65)C(=O)C3N([C@@H](CO)Cc3ccccc3)C(=O)[C@@H]4[C@H]2C1=O. The van der Waals surface area contributed by atoms with Gasteiger partial charge in [-0.2, -0.15) is 0 Å². The van der Waals surface area contributed by atoms with Crippen LogP contribution in [0.4, 0.5) is 0 Å². The Morgan fingerprint density at radius 1 is 0.977 bits per heavy atom. The smallest absolute Gasteiger partial charge is 0.248 e. The number of carbonyl (C=O) groups excluding carboxylic acids is 3. The van der Waals surface area contributed by atoms with Crippen LogP contribution in [0.3, 0.4) is 0 Å². The maximum atomic E-state index is 14.8. The third kappa shape index (κ3) is 4.56. The first-order chi connectivity index (χ1) is 21.5. The molecule has 4 aliphatic rings. The summed E-state index contributed by atoms with van der Waals surface area (Å²) >= 11 is 1.56. The fourth-order valence-electron chi connectivity index (χ4n) is 7.49. The molecule has 1 aromatic heterocycles. The van der Waals surface area contributed by atoms with Crippen molar-refractivity contribution in [1.82, 2.24) is 29.7 Å². The van der Waals surface area contributed by atoms with E-state index in [4.69, 9.17) is 0 Å². The molecular formula is C33H36N6O4S. The van der Waals surface area contributed by atoms with Crippen LogP contribution in [-0.2, 0) is 27.5 Å². The topological polar surface area (TPSA) is 112 Å². The van der Waals surface area contributed by atoms with Gasteiger partial charge in [-0.15, -0.1) is 16.9 Å². The highest BCUT2D eigenvalue weighted by molar-refractivity contribution is 8.02. The normalized spacial score (nSPS) is 28.7. The number of aliphatic hydroxyl groups is 1. The van der Waals surface area contributed by atoms with E-state index in [9.17, 15) is 19.5 Å². The third-order valence-corrected chi connectivity index (χ3v) is 11.1. The van der Waals surface area contributed by atoms with Crippen molar-refractivity contribution >= 4 is 40.5 Å². The molecule has 3 amide bonds. The molecule has 7 rings (SSSR count). The van der Waals surface area contributed by atoms with Gasteiger partial charge in [-0.25, -0.2) is 4.68 Å². The Morgan fingerprint density at radius 3 is 2.55 bits per heavy atom. The van der Waals surface area contributed by atoms with E-state index in [1.807, 2.05) is 84.6 Å². The number of benzene rings is 2. The molecule has 1 unspecified atom stereocenters. The number of hydrogen-bond acceptors (Lipinski definition) is 7. The molecule has 3 aromatic rings. The summed E-state index contributed by atoms with van der Waals surface area (Å²) in [5, 5.41) is 19.1. The fourth-order valence-corrected chi connectivity index (χ4v) is 9.48. The fraction of sp³-hybridized carbons (Fsp3) is 0.424. The van der Waals surface area contributed by atoms with Gasteiger partial charge in [0.05, 0.1) is 34.7 Å². The average Bonchev–Trinajstić information content (AvgIpc) is 3.60. The molecule has 0 bridgehead atoms. The minimum Gasteiger partial charge on any atom is -0.394 e. The van der Waals surface area contributed by atoms with Gasteiger partial charge in [0.15, 0.2) is 0 Å². The number of aromatic nitrogens is 3. The van der Waals surface area contributed by atoms with Crippen molar-refractivity contribution in [2.75, 3.05) is 26.2 Å². The molecule has 0 saturated carbocycles. The highest BCUT2D eigenvalue weighted by Crippen LogP contribution is 2.61. The Hall–Kier alpha value is -3.96. The first-order valence-electron chi connectivity index (χ1n) is 15.3. The lowest BCUT2D eigenvalue weighted by atomic mass is 9.78. The summed E-state index contributed by atoms with van der Waals surface area (Å²) in [5.74, 6) is -1.82. The number of carbonyl (C=O) groups is 3. The largest absolute Gasteiger partial charge is 0.394 e. The summed E-state index contributed by atoms with van der Waals surface area (Å²) in [7, 11) is 0. The van der Waals surface area contributed by atoms with E-state index in [-0.39, 0.29) is 36.2 Å². The van der Waals surface area contributed by atoms with Crippen LogP contribution in [0.2, 0.25) is 0 Å². The molecule has 228 valence electrons. The zero-order chi connectivity index (χ0) is 30.4. The first-order valence-corrected chi connectivity index (χ1v) is 16.2. The van der Waals surface area contributed by atoms with Gasteiger partial charge in [-0.3, -0.25) is 14.4 Å². The van der Waals surface area contributed by atoms with Crippen LogP contribution in [0.15, 0.2) is 78.9 Å². The van der Waals surface area contributed by atoms with Crippen LogP contribution in [0.1, 0.15) is 18.9 Å². The number of thioether (sulfide) groups is 1. The molecule has 2 aromatic carbocycles. The van der Waals surface area contributed by atoms with E-state index in [0.717, 1.165) is 23.0 Å². The highest BCUT2D eigenvalue weighted by Gasteiger charge is 2.71. The van der Waals surface area contributed by atoms with Crippen LogP contribution in [0.5, 0.6) is 0 Å². The number of fused-ring (bicyclic) bond motifs is 3. The van der Waals surface area contributed by atoms with Crippen LogP contribution in [0.25, 0.3) is 11.0 Å². The van der Waals surface area contributed by atoms with Gasteiger partial charge >= 0.3 is 0 Å². The number of amides is 3. The summed E-state index contributed by atoms with van der Waals surface area (Å²) < 4.78 is 0.744. The third-order valence-electron chi connectivity index (χ3n) is 9.40. The lowest BCUT2D eigenvalue weighted by Crippen LogP contribution is -2.57. The number of nitrogens with zero attached hydrogens (tertiary/aromatic N) is 6. The molecule has 6 atom stereocenters. The lowest BCUT2D eigenvalue weighted by Gasteiger charge is -2.38. The second-order valence-electron chi connectivity index (χ2n) is 12.0. The zero-order valence-corrected chi connectivity index (χ0v) is 25.4. The predicted octanol–water partition coefficient (Wildman–Crippen LogP) is 2.50. The van der Waals surface area contributed by atoms with Crippen molar-refractivity contribution in [2.24, 2.45) is 11.8 Å². The standard InChI is InChI=1S/C33H36N6O4S/c1-2-16-36-17-8-14-26-27(30(36)41)28-31(42)39(23(20-40)19-22-10-4-3-5-11-22)29-32(43)37(18-9-15-33(28,29)44-26)21-38-25-13-7-6-12-24(25)34-35-38/h3-15,23,26-29,40H,2,16-21H2,1H3/t23-,26-,27+,28+,29?,33+/m1/s1. The molecule has 5 heterocycles. The number of likely N-dealkylation sites (tertiary alicyclic amines) is 1. The summed E-state index contributed by atoms with van der Waals surface area (Å²) in [6.45, 7) is 3.34. The highest BCUT2D eigenvalue weighted by atomic mass is 32.2. The molecule has 0 radical (unpaired) electrons. The van der Waals surface area contributed by atoms with Gasteiger partial charge in [0.2, 0.25) is 17.7 Å². The molecule has 1 spiro atoms. The van der Waals surface area contributed by atoms with Crippen molar-refractivity contribution in [1.29, 1.82) is 0 Å². The number of para-hydroxylation sites is 1. The summed E-state index contributed by atoms with van der Waals surface area (Å²) in [6, 6.07) is 15.8. The average molecular weight is 613 g/mol. The Bertz CT molecular complexity index is 1640. The molecule has 2 saturated heterocycles. The van der Waals surface area contributed by atoms with E-state index in [1.54, 1.807) is 26.2 Å². The summed E-state index contributed by atoms with van der Waals surface area (Å²) in [4.78, 5) is 48.8. The summed E-state index contributed by atoms with van der Waals surface area (Å²) in [5.41, 5.74) is 2.50. The monoisotopic (exact) mass is 612 g/mol. The van der Waals surface area contributed by atoms with Gasteiger partial charge in [-0.1, -0.05) is 78.9 Å². The Labute approximate surface area is 260 Å². The summed E-state index contributed by atoms with van der Waals surface area (Å²) in [6.07, 6.45) is 9.26. The minimum absolute atomic E-state index is 0.0372. The molecular weight excluding hydrogens is 576 g/mol. The number of hydrogen-bond donors (Lipinski definition) is 1.